The first-order valence-electron chi connectivity index (χ1n) is 9.92. The minimum absolute atomic E-state index is 0.0607. The number of sulfonamides is 1. The third-order valence-corrected chi connectivity index (χ3v) is 6.25. The molecule has 1 saturated heterocycles. The molecule has 1 amide bonds. The van der Waals surface area contributed by atoms with Crippen molar-refractivity contribution < 1.29 is 37.3 Å². The second kappa shape index (κ2) is 10.4. The SMILES string of the molecule is COc1cc(/C=C/C(=O)O)cc(S(=O)(=O)Nc2ccccc2C(=O)N2CCOCC2)c1OC. The van der Waals surface area contributed by atoms with Gasteiger partial charge in [-0.15, -0.1) is 0 Å². The van der Waals surface area contributed by atoms with Gasteiger partial charge in [-0.25, -0.2) is 13.2 Å². The van der Waals surface area contributed by atoms with Crippen LogP contribution in [0.3, 0.4) is 0 Å². The molecule has 0 aliphatic carbocycles. The molecular weight excluding hydrogens is 452 g/mol. The van der Waals surface area contributed by atoms with Gasteiger partial charge >= 0.3 is 5.97 Å². The number of carbonyl (C=O) groups excluding carboxylic acids is 1. The van der Waals surface area contributed by atoms with Gasteiger partial charge in [-0.05, 0) is 35.9 Å². The summed E-state index contributed by atoms with van der Waals surface area (Å²) in [6.07, 6.45) is 2.11. The molecule has 0 saturated carbocycles. The maximum absolute atomic E-state index is 13.4. The number of nitrogens with one attached hydrogen (secondary N) is 1. The molecule has 176 valence electrons. The lowest BCUT2D eigenvalue weighted by Crippen LogP contribution is -2.41. The number of nitrogens with zero attached hydrogens (tertiary/aromatic N) is 1. The van der Waals surface area contributed by atoms with Crippen molar-refractivity contribution >= 4 is 33.7 Å². The van der Waals surface area contributed by atoms with Crippen LogP contribution in [0, 0.1) is 0 Å². The Balaban J connectivity index is 2.02. The van der Waals surface area contributed by atoms with Gasteiger partial charge in [0.25, 0.3) is 15.9 Å². The van der Waals surface area contributed by atoms with Gasteiger partial charge in [0.15, 0.2) is 11.5 Å². The normalized spacial score (nSPS) is 14.2. The molecule has 0 radical (unpaired) electrons. The summed E-state index contributed by atoms with van der Waals surface area (Å²) in [5.74, 6) is -1.47. The van der Waals surface area contributed by atoms with Gasteiger partial charge < -0.3 is 24.2 Å². The van der Waals surface area contributed by atoms with Crippen LogP contribution in [0.25, 0.3) is 6.08 Å². The molecule has 33 heavy (non-hydrogen) atoms. The van der Waals surface area contributed by atoms with E-state index >= 15 is 0 Å². The quantitative estimate of drug-likeness (QED) is 0.554. The van der Waals surface area contributed by atoms with E-state index in [4.69, 9.17) is 19.3 Å². The zero-order valence-electron chi connectivity index (χ0n) is 18.1. The molecular formula is C22H24N2O8S. The smallest absolute Gasteiger partial charge is 0.328 e. The number of methoxy groups -OCH3 is 2. The maximum Gasteiger partial charge on any atom is 0.328 e. The standard InChI is InChI=1S/C22H24N2O8S/c1-30-18-13-15(7-8-20(25)26)14-19(21(18)31-2)33(28,29)23-17-6-4-3-5-16(17)22(27)24-9-11-32-12-10-24/h3-8,13-14,23H,9-12H2,1-2H3,(H,25,26)/b8-7+. The second-order valence-electron chi connectivity index (χ2n) is 6.98. The number of para-hydroxylation sites is 1. The van der Waals surface area contributed by atoms with Crippen LogP contribution >= 0.6 is 0 Å². The van der Waals surface area contributed by atoms with Crippen LogP contribution < -0.4 is 14.2 Å². The summed E-state index contributed by atoms with van der Waals surface area (Å²) in [4.78, 5) is 25.2. The van der Waals surface area contributed by atoms with Gasteiger partial charge in [-0.3, -0.25) is 9.52 Å². The van der Waals surface area contributed by atoms with Gasteiger partial charge in [-0.2, -0.15) is 0 Å². The van der Waals surface area contributed by atoms with Crippen molar-refractivity contribution in [3.8, 4) is 11.5 Å². The minimum Gasteiger partial charge on any atom is -0.493 e. The molecule has 0 spiro atoms. The predicted molar refractivity (Wildman–Crippen MR) is 120 cm³/mol. The van der Waals surface area contributed by atoms with Crippen molar-refractivity contribution in [2.24, 2.45) is 0 Å². The van der Waals surface area contributed by atoms with Crippen molar-refractivity contribution in [1.29, 1.82) is 0 Å². The Hall–Kier alpha value is -3.57. The van der Waals surface area contributed by atoms with Crippen molar-refractivity contribution in [2.75, 3.05) is 45.2 Å². The zero-order chi connectivity index (χ0) is 24.0. The number of carboxylic acids is 1. The highest BCUT2D eigenvalue weighted by Gasteiger charge is 2.27. The predicted octanol–water partition coefficient (Wildman–Crippen LogP) is 2.07. The van der Waals surface area contributed by atoms with Crippen LogP contribution in [-0.2, 0) is 19.6 Å². The number of anilines is 1. The zero-order valence-corrected chi connectivity index (χ0v) is 18.9. The lowest BCUT2D eigenvalue weighted by Gasteiger charge is -2.27. The highest BCUT2D eigenvalue weighted by atomic mass is 32.2. The summed E-state index contributed by atoms with van der Waals surface area (Å²) in [6.45, 7) is 1.63. The molecule has 10 nitrogen and oxygen atoms in total. The monoisotopic (exact) mass is 476 g/mol. The van der Waals surface area contributed by atoms with E-state index in [-0.39, 0.29) is 39.1 Å². The molecule has 1 heterocycles. The van der Waals surface area contributed by atoms with Gasteiger partial charge in [-0.1, -0.05) is 12.1 Å². The van der Waals surface area contributed by atoms with Crippen LogP contribution in [0.4, 0.5) is 5.69 Å². The van der Waals surface area contributed by atoms with E-state index in [9.17, 15) is 18.0 Å². The molecule has 2 N–H and O–H groups in total. The van der Waals surface area contributed by atoms with E-state index in [1.54, 1.807) is 23.1 Å². The molecule has 3 rings (SSSR count). The Bertz CT molecular complexity index is 1170. The Morgan fingerprint density at radius 2 is 1.82 bits per heavy atom. The average Bonchev–Trinajstić information content (AvgIpc) is 2.82. The lowest BCUT2D eigenvalue weighted by atomic mass is 10.1. The number of ether oxygens (including phenoxy) is 3. The number of benzene rings is 2. The first kappa shape index (κ1) is 24.1. The van der Waals surface area contributed by atoms with E-state index in [0.717, 1.165) is 6.08 Å². The van der Waals surface area contributed by atoms with Gasteiger partial charge in [0.2, 0.25) is 0 Å². The van der Waals surface area contributed by atoms with Crippen LogP contribution in [0.1, 0.15) is 15.9 Å². The Labute approximate surface area is 191 Å². The summed E-state index contributed by atoms with van der Waals surface area (Å²) >= 11 is 0. The van der Waals surface area contributed by atoms with E-state index < -0.39 is 16.0 Å². The molecule has 2 aromatic rings. The third kappa shape index (κ3) is 5.62. The topological polar surface area (TPSA) is 131 Å². The van der Waals surface area contributed by atoms with E-state index in [1.807, 2.05) is 0 Å². The number of carbonyl (C=O) groups is 2. The average molecular weight is 477 g/mol. The summed E-state index contributed by atoms with van der Waals surface area (Å²) < 4.78 is 45.0. The number of rotatable bonds is 8. The molecule has 1 aliphatic heterocycles. The van der Waals surface area contributed by atoms with E-state index in [2.05, 4.69) is 4.72 Å². The van der Waals surface area contributed by atoms with E-state index in [0.29, 0.717) is 26.3 Å². The number of carboxylic acid groups (broad SMARTS) is 1. The molecule has 0 atom stereocenters. The molecule has 1 fully saturated rings. The molecule has 11 heteroatoms. The highest BCUT2D eigenvalue weighted by molar-refractivity contribution is 7.92. The minimum atomic E-state index is -4.27. The Morgan fingerprint density at radius 1 is 1.12 bits per heavy atom. The Kier molecular flexibility index (Phi) is 7.56. The van der Waals surface area contributed by atoms with E-state index in [1.165, 1.54) is 38.5 Å². The molecule has 2 aromatic carbocycles. The van der Waals surface area contributed by atoms with Crippen LogP contribution in [-0.4, -0.2) is 70.8 Å². The summed E-state index contributed by atoms with van der Waals surface area (Å²) in [5, 5.41) is 8.90. The maximum atomic E-state index is 13.4. The van der Waals surface area contributed by atoms with Crippen LogP contribution in [0.15, 0.2) is 47.4 Å². The van der Waals surface area contributed by atoms with Crippen LogP contribution in [0.5, 0.6) is 11.5 Å². The number of morpholine rings is 1. The van der Waals surface area contributed by atoms with Gasteiger partial charge in [0.05, 0.1) is 38.7 Å². The van der Waals surface area contributed by atoms with Gasteiger partial charge in [0.1, 0.15) is 4.90 Å². The molecule has 1 aliphatic rings. The Morgan fingerprint density at radius 3 is 2.45 bits per heavy atom. The first-order chi connectivity index (χ1) is 15.8. The summed E-state index contributed by atoms with van der Waals surface area (Å²) in [7, 11) is -1.64. The number of hydrogen-bond donors (Lipinski definition) is 2. The molecule has 0 aromatic heterocycles. The van der Waals surface area contributed by atoms with Gasteiger partial charge in [0, 0.05) is 19.2 Å². The number of aliphatic carboxylic acids is 1. The summed E-state index contributed by atoms with van der Waals surface area (Å²) in [6, 6.07) is 9.00. The first-order valence-corrected chi connectivity index (χ1v) is 11.4. The fourth-order valence-corrected chi connectivity index (χ4v) is 4.60. The molecule has 0 bridgehead atoms. The van der Waals surface area contributed by atoms with Crippen molar-refractivity contribution in [3.63, 3.8) is 0 Å². The van der Waals surface area contributed by atoms with Crippen molar-refractivity contribution in [2.45, 2.75) is 4.90 Å². The second-order valence-corrected chi connectivity index (χ2v) is 8.63. The third-order valence-electron chi connectivity index (χ3n) is 4.88. The fraction of sp³-hybridized carbons (Fsp3) is 0.273. The van der Waals surface area contributed by atoms with Crippen molar-refractivity contribution in [3.05, 3.63) is 53.6 Å². The number of hydrogen-bond acceptors (Lipinski definition) is 7. The largest absolute Gasteiger partial charge is 0.493 e. The fourth-order valence-electron chi connectivity index (χ4n) is 3.31. The summed E-state index contributed by atoms with van der Waals surface area (Å²) in [5.41, 5.74) is 0.561. The number of amides is 1. The van der Waals surface area contributed by atoms with Crippen LogP contribution in [0.2, 0.25) is 0 Å². The van der Waals surface area contributed by atoms with Crippen molar-refractivity contribution in [1.82, 2.24) is 4.90 Å². The lowest BCUT2D eigenvalue weighted by molar-refractivity contribution is -0.131. The molecule has 0 unspecified atom stereocenters. The highest BCUT2D eigenvalue weighted by Crippen LogP contribution is 2.37.